The van der Waals surface area contributed by atoms with E-state index in [4.69, 9.17) is 9.15 Å². The third-order valence-corrected chi connectivity index (χ3v) is 7.61. The van der Waals surface area contributed by atoms with Gasteiger partial charge in [0, 0.05) is 16.5 Å². The van der Waals surface area contributed by atoms with Gasteiger partial charge in [0.05, 0.1) is 28.0 Å². The zero-order valence-electron chi connectivity index (χ0n) is 19.5. The second-order valence-electron chi connectivity index (χ2n) is 8.10. The zero-order valence-corrected chi connectivity index (χ0v) is 21.2. The Balaban J connectivity index is 1.58. The van der Waals surface area contributed by atoms with Gasteiger partial charge in [-0.3, -0.25) is 9.36 Å². The van der Waals surface area contributed by atoms with Crippen LogP contribution in [0.3, 0.4) is 0 Å². The third-order valence-electron chi connectivity index (χ3n) is 5.70. The first kappa shape index (κ1) is 25.0. The lowest BCUT2D eigenvalue weighted by Gasteiger charge is -2.23. The molecule has 3 aromatic heterocycles. The number of aromatic nitrogens is 1. The summed E-state index contributed by atoms with van der Waals surface area (Å²) < 4.78 is 52.1. The van der Waals surface area contributed by atoms with Crippen molar-refractivity contribution >= 4 is 34.7 Å². The smallest absolute Gasteiger partial charge is 0.416 e. The minimum Gasteiger partial charge on any atom is -0.463 e. The maximum Gasteiger partial charge on any atom is 0.416 e. The number of ether oxygens (including phenoxy) is 1. The Morgan fingerprint density at radius 3 is 2.73 bits per heavy atom. The van der Waals surface area contributed by atoms with Gasteiger partial charge in [-0.1, -0.05) is 29.5 Å². The Morgan fingerprint density at radius 2 is 2.03 bits per heavy atom. The molecule has 0 amide bonds. The van der Waals surface area contributed by atoms with Gasteiger partial charge < -0.3 is 9.15 Å². The van der Waals surface area contributed by atoms with Crippen molar-refractivity contribution in [3.05, 3.63) is 101 Å². The summed E-state index contributed by atoms with van der Waals surface area (Å²) >= 11 is 2.55. The fourth-order valence-electron chi connectivity index (χ4n) is 4.07. The molecule has 0 unspecified atom stereocenters. The molecule has 1 aromatic carbocycles. The number of esters is 1. The molecule has 37 heavy (non-hydrogen) atoms. The first-order chi connectivity index (χ1) is 17.7. The molecule has 0 aliphatic carbocycles. The second kappa shape index (κ2) is 9.64. The van der Waals surface area contributed by atoms with E-state index in [9.17, 15) is 22.8 Å². The van der Waals surface area contributed by atoms with Crippen LogP contribution in [0.25, 0.3) is 17.4 Å². The molecule has 0 saturated carbocycles. The molecule has 190 valence electrons. The van der Waals surface area contributed by atoms with Crippen molar-refractivity contribution < 1.29 is 27.1 Å². The molecule has 0 radical (unpaired) electrons. The predicted octanol–water partition coefficient (Wildman–Crippen LogP) is 5.14. The Bertz CT molecular complexity index is 1690. The summed E-state index contributed by atoms with van der Waals surface area (Å²) in [6.07, 6.45) is -2.95. The van der Waals surface area contributed by atoms with Crippen LogP contribution in [0.15, 0.2) is 79.4 Å². The molecule has 0 N–H and O–H groups in total. The lowest BCUT2D eigenvalue weighted by atomic mass is 10.0. The number of hydrogen-bond donors (Lipinski definition) is 0. The van der Waals surface area contributed by atoms with Crippen LogP contribution in [0.5, 0.6) is 0 Å². The summed E-state index contributed by atoms with van der Waals surface area (Å²) in [5, 5.41) is 1.86. The number of alkyl halides is 3. The van der Waals surface area contributed by atoms with Crippen LogP contribution in [0.1, 0.15) is 36.1 Å². The van der Waals surface area contributed by atoms with Crippen LogP contribution in [0, 0.1) is 0 Å². The monoisotopic (exact) mass is 544 g/mol. The van der Waals surface area contributed by atoms with Crippen LogP contribution >= 0.6 is 22.7 Å². The first-order valence-electron chi connectivity index (χ1n) is 11.2. The number of allylic oxidation sites excluding steroid dienone is 1. The first-order valence-corrected chi connectivity index (χ1v) is 12.9. The summed E-state index contributed by atoms with van der Waals surface area (Å²) in [6.45, 7) is 3.60. The Kier molecular flexibility index (Phi) is 6.50. The second-order valence-corrected chi connectivity index (χ2v) is 10.1. The van der Waals surface area contributed by atoms with E-state index in [1.165, 1.54) is 34.1 Å². The van der Waals surface area contributed by atoms with E-state index in [1.54, 1.807) is 26.0 Å². The molecule has 11 heteroatoms. The van der Waals surface area contributed by atoms with E-state index >= 15 is 0 Å². The third kappa shape index (κ3) is 4.72. The van der Waals surface area contributed by atoms with Crippen LogP contribution < -0.4 is 14.9 Å². The van der Waals surface area contributed by atoms with E-state index in [2.05, 4.69) is 4.99 Å². The SMILES string of the molecule is CCOC(=O)C1=C(C)N=c2s/c(=C/c3ccc(-c4cccc(C(F)(F)F)c4)o3)c(=O)n2[C@@H]1c1cccs1. The number of nitrogens with zero attached hydrogens (tertiary/aromatic N) is 2. The van der Waals surface area contributed by atoms with E-state index < -0.39 is 23.8 Å². The molecule has 6 nitrogen and oxygen atoms in total. The number of rotatable bonds is 5. The molecular weight excluding hydrogens is 525 g/mol. The number of thiophene rings is 1. The molecule has 5 rings (SSSR count). The maximum absolute atomic E-state index is 13.5. The fourth-order valence-corrected chi connectivity index (χ4v) is 5.92. The summed E-state index contributed by atoms with van der Waals surface area (Å²) in [4.78, 5) is 32.1. The Labute approximate surface area is 216 Å². The molecule has 0 saturated heterocycles. The molecular formula is C26H19F3N2O4S2. The normalized spacial score (nSPS) is 16.0. The van der Waals surface area contributed by atoms with Crippen molar-refractivity contribution in [3.63, 3.8) is 0 Å². The quantitative estimate of drug-likeness (QED) is 0.326. The van der Waals surface area contributed by atoms with Crippen molar-refractivity contribution in [2.24, 2.45) is 4.99 Å². The van der Waals surface area contributed by atoms with Crippen molar-refractivity contribution in [3.8, 4) is 11.3 Å². The highest BCUT2D eigenvalue weighted by Gasteiger charge is 2.34. The van der Waals surface area contributed by atoms with Crippen molar-refractivity contribution in [1.29, 1.82) is 0 Å². The zero-order chi connectivity index (χ0) is 26.3. The number of halogens is 3. The molecule has 0 spiro atoms. The molecule has 0 bridgehead atoms. The highest BCUT2D eigenvalue weighted by Crippen LogP contribution is 2.34. The number of thiazole rings is 1. The Morgan fingerprint density at radius 1 is 1.22 bits per heavy atom. The standard InChI is InChI=1S/C26H19F3N2O4S2/c1-3-34-24(33)21-14(2)30-25-31(22(21)19-8-5-11-36-19)23(32)20(37-25)13-17-9-10-18(35-17)15-6-4-7-16(12-15)26(27,28)29/h4-13,22H,3H2,1-2H3/b20-13+/t22-/m1/s1. The number of carbonyl (C=O) groups is 1. The van der Waals surface area contributed by atoms with E-state index in [-0.39, 0.29) is 23.5 Å². The number of fused-ring (bicyclic) bond motifs is 1. The lowest BCUT2D eigenvalue weighted by Crippen LogP contribution is -2.39. The number of benzene rings is 1. The van der Waals surface area contributed by atoms with Gasteiger partial charge in [-0.25, -0.2) is 9.79 Å². The lowest BCUT2D eigenvalue weighted by molar-refractivity contribution is -0.139. The van der Waals surface area contributed by atoms with E-state index in [0.717, 1.165) is 28.3 Å². The summed E-state index contributed by atoms with van der Waals surface area (Å²) in [5.74, 6) is 0.00176. The largest absolute Gasteiger partial charge is 0.463 e. The molecule has 1 aliphatic rings. The van der Waals surface area contributed by atoms with Crippen LogP contribution in [-0.4, -0.2) is 17.1 Å². The average Bonchev–Trinajstić information content (AvgIpc) is 3.60. The minimum atomic E-state index is -4.47. The van der Waals surface area contributed by atoms with E-state index in [1.807, 2.05) is 17.5 Å². The number of carbonyl (C=O) groups excluding carboxylic acids is 1. The Hall–Kier alpha value is -3.70. The van der Waals surface area contributed by atoms with Crippen LogP contribution in [0.2, 0.25) is 0 Å². The van der Waals surface area contributed by atoms with Gasteiger partial charge in [-0.15, -0.1) is 11.3 Å². The molecule has 4 heterocycles. The van der Waals surface area contributed by atoms with Gasteiger partial charge in [0.1, 0.15) is 17.6 Å². The highest BCUT2D eigenvalue weighted by molar-refractivity contribution is 7.10. The number of hydrogen-bond acceptors (Lipinski definition) is 7. The van der Waals surface area contributed by atoms with Gasteiger partial charge in [-0.2, -0.15) is 13.2 Å². The van der Waals surface area contributed by atoms with Gasteiger partial charge >= 0.3 is 12.1 Å². The maximum atomic E-state index is 13.5. The predicted molar refractivity (Wildman–Crippen MR) is 134 cm³/mol. The summed E-state index contributed by atoms with van der Waals surface area (Å²) in [7, 11) is 0. The number of furan rings is 1. The van der Waals surface area contributed by atoms with E-state index in [0.29, 0.717) is 26.4 Å². The molecule has 0 fully saturated rings. The van der Waals surface area contributed by atoms with Gasteiger partial charge in [-0.05, 0) is 49.6 Å². The molecule has 4 aromatic rings. The van der Waals surface area contributed by atoms with Crippen molar-refractivity contribution in [2.45, 2.75) is 26.1 Å². The van der Waals surface area contributed by atoms with Crippen LogP contribution in [-0.2, 0) is 15.7 Å². The fraction of sp³-hybridized carbons (Fsp3) is 0.192. The topological polar surface area (TPSA) is 73.8 Å². The van der Waals surface area contributed by atoms with Crippen LogP contribution in [0.4, 0.5) is 13.2 Å². The van der Waals surface area contributed by atoms with Gasteiger partial charge in [0.15, 0.2) is 4.80 Å². The highest BCUT2D eigenvalue weighted by atomic mass is 32.1. The summed E-state index contributed by atoms with van der Waals surface area (Å²) in [5.41, 5.74) is -0.114. The molecule has 1 atom stereocenters. The van der Waals surface area contributed by atoms with Crippen molar-refractivity contribution in [2.75, 3.05) is 6.61 Å². The average molecular weight is 545 g/mol. The van der Waals surface area contributed by atoms with Gasteiger partial charge in [0.2, 0.25) is 0 Å². The molecule has 1 aliphatic heterocycles. The van der Waals surface area contributed by atoms with Gasteiger partial charge in [0.25, 0.3) is 5.56 Å². The van der Waals surface area contributed by atoms with Crippen molar-refractivity contribution in [1.82, 2.24) is 4.57 Å². The summed E-state index contributed by atoms with van der Waals surface area (Å²) in [6, 6.07) is 11.0. The minimum absolute atomic E-state index is 0.184.